The fraction of sp³-hybridized carbons (Fsp3) is 0.0952. The Balaban J connectivity index is 1.68. The van der Waals surface area contributed by atoms with E-state index in [1.165, 1.54) is 13.2 Å². The quantitative estimate of drug-likeness (QED) is 0.624. The summed E-state index contributed by atoms with van der Waals surface area (Å²) in [7, 11) is 0. The van der Waals surface area contributed by atoms with E-state index in [1.54, 1.807) is 54.6 Å². The minimum atomic E-state index is -0.368. The van der Waals surface area contributed by atoms with E-state index in [4.69, 9.17) is 4.42 Å². The molecule has 3 rings (SSSR count). The molecule has 0 saturated carbocycles. The molecule has 0 bridgehead atoms. The lowest BCUT2D eigenvalue weighted by atomic mass is 10.1. The molecular formula is C21H19N3O4. The molecule has 0 fully saturated rings. The van der Waals surface area contributed by atoms with Gasteiger partial charge in [-0.05, 0) is 61.0 Å². The van der Waals surface area contributed by atoms with Crippen molar-refractivity contribution in [1.29, 1.82) is 0 Å². The maximum absolute atomic E-state index is 12.5. The first-order chi connectivity index (χ1) is 13.4. The molecule has 3 amide bonds. The van der Waals surface area contributed by atoms with E-state index >= 15 is 0 Å². The SMILES string of the molecule is CC(=O)Nc1cccc(NC(=O)c2ccc(NC(=O)c3ccco3)cc2)c1C. The van der Waals surface area contributed by atoms with Crippen molar-refractivity contribution in [3.63, 3.8) is 0 Å². The highest BCUT2D eigenvalue weighted by molar-refractivity contribution is 6.06. The third kappa shape index (κ3) is 4.45. The molecule has 0 aliphatic carbocycles. The molecule has 2 aromatic carbocycles. The van der Waals surface area contributed by atoms with Gasteiger partial charge in [0.25, 0.3) is 11.8 Å². The molecular weight excluding hydrogens is 358 g/mol. The standard InChI is InChI=1S/C21H19N3O4/c1-13-17(22-14(2)25)5-3-6-18(13)24-20(26)15-8-10-16(11-9-15)23-21(27)19-7-4-12-28-19/h3-12H,1-2H3,(H,22,25)(H,23,27)(H,24,26). The zero-order valence-corrected chi connectivity index (χ0v) is 15.4. The first kappa shape index (κ1) is 18.9. The summed E-state index contributed by atoms with van der Waals surface area (Å²) in [6, 6.07) is 15.0. The number of carbonyl (C=O) groups excluding carboxylic acids is 3. The van der Waals surface area contributed by atoms with Gasteiger partial charge in [-0.3, -0.25) is 14.4 Å². The van der Waals surface area contributed by atoms with E-state index in [1.807, 2.05) is 6.92 Å². The number of nitrogens with one attached hydrogen (secondary N) is 3. The molecule has 0 spiro atoms. The Morgan fingerprint density at radius 1 is 0.786 bits per heavy atom. The van der Waals surface area contributed by atoms with Crippen LogP contribution >= 0.6 is 0 Å². The second-order valence-corrected chi connectivity index (χ2v) is 6.12. The molecule has 0 unspecified atom stereocenters. The smallest absolute Gasteiger partial charge is 0.291 e. The van der Waals surface area contributed by atoms with Gasteiger partial charge in [-0.2, -0.15) is 0 Å². The van der Waals surface area contributed by atoms with Crippen LogP contribution in [0.2, 0.25) is 0 Å². The third-order valence-corrected chi connectivity index (χ3v) is 4.04. The minimum Gasteiger partial charge on any atom is -0.459 e. The van der Waals surface area contributed by atoms with Gasteiger partial charge >= 0.3 is 0 Å². The first-order valence-corrected chi connectivity index (χ1v) is 8.57. The summed E-state index contributed by atoms with van der Waals surface area (Å²) in [4.78, 5) is 35.8. The van der Waals surface area contributed by atoms with E-state index < -0.39 is 0 Å². The molecule has 28 heavy (non-hydrogen) atoms. The van der Waals surface area contributed by atoms with E-state index in [0.29, 0.717) is 22.6 Å². The summed E-state index contributed by atoms with van der Waals surface area (Å²) >= 11 is 0. The van der Waals surface area contributed by atoms with Crippen LogP contribution < -0.4 is 16.0 Å². The highest BCUT2D eigenvalue weighted by atomic mass is 16.3. The molecule has 3 N–H and O–H groups in total. The number of rotatable bonds is 5. The predicted octanol–water partition coefficient (Wildman–Crippen LogP) is 4.05. The Bertz CT molecular complexity index is 1010. The number of anilines is 3. The Morgan fingerprint density at radius 3 is 2.07 bits per heavy atom. The molecule has 0 saturated heterocycles. The van der Waals surface area contributed by atoms with Crippen LogP contribution in [-0.4, -0.2) is 17.7 Å². The van der Waals surface area contributed by atoms with Crippen molar-refractivity contribution in [3.05, 3.63) is 77.7 Å². The average molecular weight is 377 g/mol. The van der Waals surface area contributed by atoms with Crippen molar-refractivity contribution < 1.29 is 18.8 Å². The molecule has 3 aromatic rings. The maximum Gasteiger partial charge on any atom is 0.291 e. The van der Waals surface area contributed by atoms with E-state index in [0.717, 1.165) is 5.56 Å². The normalized spacial score (nSPS) is 10.2. The van der Waals surface area contributed by atoms with Gasteiger partial charge in [0.15, 0.2) is 5.76 Å². The molecule has 0 aliphatic heterocycles. The largest absolute Gasteiger partial charge is 0.459 e. The van der Waals surface area contributed by atoms with Crippen LogP contribution in [0.3, 0.4) is 0 Å². The Hall–Kier alpha value is -3.87. The predicted molar refractivity (Wildman–Crippen MR) is 107 cm³/mol. The molecule has 7 nitrogen and oxygen atoms in total. The summed E-state index contributed by atoms with van der Waals surface area (Å²) in [5.41, 5.74) is 2.98. The second-order valence-electron chi connectivity index (χ2n) is 6.12. The topological polar surface area (TPSA) is 100 Å². The Labute approximate surface area is 161 Å². The molecule has 0 atom stereocenters. The lowest BCUT2D eigenvalue weighted by Crippen LogP contribution is -2.15. The minimum absolute atomic E-state index is 0.182. The van der Waals surface area contributed by atoms with Gasteiger partial charge in [0, 0.05) is 29.5 Å². The van der Waals surface area contributed by atoms with Gasteiger partial charge in [0.2, 0.25) is 5.91 Å². The maximum atomic E-state index is 12.5. The fourth-order valence-corrected chi connectivity index (χ4v) is 2.60. The van der Waals surface area contributed by atoms with Gasteiger partial charge in [-0.25, -0.2) is 0 Å². The zero-order chi connectivity index (χ0) is 20.1. The molecule has 0 aliphatic rings. The number of benzene rings is 2. The molecule has 7 heteroatoms. The van der Waals surface area contributed by atoms with Crippen molar-refractivity contribution in [2.75, 3.05) is 16.0 Å². The zero-order valence-electron chi connectivity index (χ0n) is 15.4. The number of amides is 3. The Kier molecular flexibility index (Phi) is 5.55. The first-order valence-electron chi connectivity index (χ1n) is 8.57. The summed E-state index contributed by atoms with van der Waals surface area (Å²) < 4.78 is 5.04. The number of hydrogen-bond donors (Lipinski definition) is 3. The van der Waals surface area contributed by atoms with E-state index in [9.17, 15) is 14.4 Å². The highest BCUT2D eigenvalue weighted by Crippen LogP contribution is 2.24. The van der Waals surface area contributed by atoms with Crippen LogP contribution in [0.4, 0.5) is 17.1 Å². The van der Waals surface area contributed by atoms with Gasteiger partial charge < -0.3 is 20.4 Å². The summed E-state index contributed by atoms with van der Waals surface area (Å²) in [6.45, 7) is 3.24. The van der Waals surface area contributed by atoms with Crippen LogP contribution in [0.5, 0.6) is 0 Å². The van der Waals surface area contributed by atoms with Crippen LogP contribution in [0.1, 0.15) is 33.4 Å². The van der Waals surface area contributed by atoms with Crippen LogP contribution in [-0.2, 0) is 4.79 Å². The fourth-order valence-electron chi connectivity index (χ4n) is 2.60. The lowest BCUT2D eigenvalue weighted by molar-refractivity contribution is -0.114. The van der Waals surface area contributed by atoms with Crippen LogP contribution in [0.25, 0.3) is 0 Å². The molecule has 0 radical (unpaired) electrons. The van der Waals surface area contributed by atoms with Gasteiger partial charge in [0.05, 0.1) is 6.26 Å². The second kappa shape index (κ2) is 8.22. The number of carbonyl (C=O) groups is 3. The van der Waals surface area contributed by atoms with Crippen molar-refractivity contribution in [2.45, 2.75) is 13.8 Å². The van der Waals surface area contributed by atoms with Gasteiger partial charge in [0.1, 0.15) is 0 Å². The Morgan fingerprint density at radius 2 is 1.46 bits per heavy atom. The molecule has 1 aromatic heterocycles. The molecule has 142 valence electrons. The molecule has 1 heterocycles. The highest BCUT2D eigenvalue weighted by Gasteiger charge is 2.12. The van der Waals surface area contributed by atoms with Gasteiger partial charge in [-0.15, -0.1) is 0 Å². The van der Waals surface area contributed by atoms with Crippen LogP contribution in [0.15, 0.2) is 65.3 Å². The van der Waals surface area contributed by atoms with Gasteiger partial charge in [-0.1, -0.05) is 6.07 Å². The summed E-state index contributed by atoms with van der Waals surface area (Å²) in [6.07, 6.45) is 1.42. The van der Waals surface area contributed by atoms with Crippen molar-refractivity contribution in [3.8, 4) is 0 Å². The van der Waals surface area contributed by atoms with E-state index in [-0.39, 0.29) is 23.5 Å². The number of furan rings is 1. The van der Waals surface area contributed by atoms with Crippen LogP contribution in [0, 0.1) is 6.92 Å². The third-order valence-electron chi connectivity index (χ3n) is 4.04. The summed E-state index contributed by atoms with van der Waals surface area (Å²) in [5.74, 6) is -0.644. The summed E-state index contributed by atoms with van der Waals surface area (Å²) in [5, 5.41) is 8.25. The van der Waals surface area contributed by atoms with Crippen molar-refractivity contribution >= 4 is 34.8 Å². The number of hydrogen-bond acceptors (Lipinski definition) is 4. The average Bonchev–Trinajstić information content (AvgIpc) is 3.20. The lowest BCUT2D eigenvalue weighted by Gasteiger charge is -2.13. The van der Waals surface area contributed by atoms with Crippen molar-refractivity contribution in [1.82, 2.24) is 0 Å². The van der Waals surface area contributed by atoms with E-state index in [2.05, 4.69) is 16.0 Å². The van der Waals surface area contributed by atoms with Crippen molar-refractivity contribution in [2.24, 2.45) is 0 Å². The monoisotopic (exact) mass is 377 g/mol.